The average molecular weight is 594 g/mol. The molecule has 0 aliphatic heterocycles. The maximum atomic E-state index is 6.54. The molecule has 216 valence electrons. The van der Waals surface area contributed by atoms with Crippen molar-refractivity contribution in [1.29, 1.82) is 0 Å². The fourth-order valence-corrected chi connectivity index (χ4v) is 6.62. The molecular weight excluding hydrogens is 570 g/mol. The quantitative estimate of drug-likeness (QED) is 0.202. The molecule has 0 aliphatic rings. The highest BCUT2D eigenvalue weighted by molar-refractivity contribution is 6.15. The smallest absolute Gasteiger partial charge is 0.228 e. The van der Waals surface area contributed by atoms with Gasteiger partial charge in [0.25, 0.3) is 0 Å². The molecule has 6 nitrogen and oxygen atoms in total. The molecule has 0 saturated heterocycles. The van der Waals surface area contributed by atoms with E-state index in [1.54, 1.807) is 0 Å². The molecule has 0 radical (unpaired) electrons. The van der Waals surface area contributed by atoms with E-state index >= 15 is 0 Å². The van der Waals surface area contributed by atoms with Gasteiger partial charge < -0.3 is 18.2 Å². The summed E-state index contributed by atoms with van der Waals surface area (Å²) in [5, 5.41) is 5.32. The van der Waals surface area contributed by atoms with Crippen molar-refractivity contribution in [3.8, 4) is 11.5 Å². The molecule has 10 aromatic rings. The largest absolute Gasteiger partial charge is 0.455 e. The lowest BCUT2D eigenvalue weighted by molar-refractivity contribution is 0.620. The van der Waals surface area contributed by atoms with Crippen LogP contribution in [0.5, 0.6) is 0 Å². The van der Waals surface area contributed by atoms with Gasteiger partial charge in [-0.1, -0.05) is 66.7 Å². The minimum atomic E-state index is 0.540. The minimum Gasteiger partial charge on any atom is -0.455 e. The summed E-state index contributed by atoms with van der Waals surface area (Å²) in [5.74, 6) is 0.540. The molecule has 0 bridgehead atoms. The molecule has 10 rings (SSSR count). The second-order valence-corrected chi connectivity index (χ2v) is 11.4. The van der Waals surface area contributed by atoms with Crippen molar-refractivity contribution in [2.75, 3.05) is 4.90 Å². The molecule has 0 spiro atoms. The summed E-state index contributed by atoms with van der Waals surface area (Å²) in [7, 11) is 0. The molecule has 0 fully saturated rings. The molecule has 0 amide bonds. The summed E-state index contributed by atoms with van der Waals surface area (Å²) in [5.41, 5.74) is 9.08. The van der Waals surface area contributed by atoms with Gasteiger partial charge in [-0.25, -0.2) is 9.97 Å². The second-order valence-electron chi connectivity index (χ2n) is 11.4. The number of fused-ring (bicyclic) bond motifs is 9. The van der Waals surface area contributed by atoms with E-state index in [0.717, 1.165) is 82.9 Å². The van der Waals surface area contributed by atoms with Crippen molar-refractivity contribution in [3.05, 3.63) is 140 Å². The maximum Gasteiger partial charge on any atom is 0.228 e. The molecule has 4 heterocycles. The summed E-state index contributed by atoms with van der Waals surface area (Å²) in [4.78, 5) is 11.9. The Morgan fingerprint density at radius 1 is 0.500 bits per heavy atom. The normalized spacial score (nSPS) is 11.9. The first kappa shape index (κ1) is 25.0. The SMILES string of the molecule is c1ccc(N(c2ccc3c(c2)oc2c4ccccc4ccc32)c2cnc3c(c2)oc2cccc(-c4nc5ccccc5o4)c23)cc1. The van der Waals surface area contributed by atoms with Crippen molar-refractivity contribution in [3.63, 3.8) is 0 Å². The Labute approximate surface area is 261 Å². The van der Waals surface area contributed by atoms with E-state index in [-0.39, 0.29) is 0 Å². The van der Waals surface area contributed by atoms with Crippen LogP contribution in [0.3, 0.4) is 0 Å². The van der Waals surface area contributed by atoms with Crippen molar-refractivity contribution in [1.82, 2.24) is 9.97 Å². The molecular formula is C40H23N3O3. The molecule has 46 heavy (non-hydrogen) atoms. The van der Waals surface area contributed by atoms with Gasteiger partial charge in [0, 0.05) is 39.7 Å². The van der Waals surface area contributed by atoms with Gasteiger partial charge in [0.1, 0.15) is 27.8 Å². The Hall–Kier alpha value is -6.40. The lowest BCUT2D eigenvalue weighted by Crippen LogP contribution is -2.10. The molecule has 0 atom stereocenters. The Bertz CT molecular complexity index is 2740. The highest BCUT2D eigenvalue weighted by Gasteiger charge is 2.21. The van der Waals surface area contributed by atoms with Crippen molar-refractivity contribution in [2.45, 2.75) is 0 Å². The van der Waals surface area contributed by atoms with Gasteiger partial charge in [-0.05, 0) is 60.0 Å². The minimum absolute atomic E-state index is 0.540. The van der Waals surface area contributed by atoms with E-state index in [2.05, 4.69) is 71.6 Å². The Morgan fingerprint density at radius 2 is 1.30 bits per heavy atom. The molecule has 0 unspecified atom stereocenters. The first-order chi connectivity index (χ1) is 22.8. The van der Waals surface area contributed by atoms with E-state index in [4.69, 9.17) is 23.2 Å². The van der Waals surface area contributed by atoms with Gasteiger partial charge >= 0.3 is 0 Å². The lowest BCUT2D eigenvalue weighted by atomic mass is 10.1. The zero-order chi connectivity index (χ0) is 30.2. The van der Waals surface area contributed by atoms with Gasteiger partial charge in [-0.2, -0.15) is 0 Å². The molecule has 4 aromatic heterocycles. The number of furan rings is 2. The van der Waals surface area contributed by atoms with Crippen molar-refractivity contribution >= 4 is 82.9 Å². The van der Waals surface area contributed by atoms with E-state index in [1.807, 2.05) is 72.9 Å². The predicted molar refractivity (Wildman–Crippen MR) is 184 cm³/mol. The first-order valence-electron chi connectivity index (χ1n) is 15.1. The van der Waals surface area contributed by atoms with Gasteiger partial charge in [-0.15, -0.1) is 0 Å². The highest BCUT2D eigenvalue weighted by Crippen LogP contribution is 2.42. The van der Waals surface area contributed by atoms with Gasteiger partial charge in [0.05, 0.1) is 22.8 Å². The fraction of sp³-hybridized carbons (Fsp3) is 0. The van der Waals surface area contributed by atoms with Gasteiger partial charge in [-0.3, -0.25) is 0 Å². The lowest BCUT2D eigenvalue weighted by Gasteiger charge is -2.24. The van der Waals surface area contributed by atoms with Crippen LogP contribution >= 0.6 is 0 Å². The molecule has 0 saturated carbocycles. The monoisotopic (exact) mass is 593 g/mol. The van der Waals surface area contributed by atoms with Gasteiger partial charge in [0.2, 0.25) is 5.89 Å². The van der Waals surface area contributed by atoms with Crippen LogP contribution in [0.1, 0.15) is 0 Å². The summed E-state index contributed by atoms with van der Waals surface area (Å²) in [6.07, 6.45) is 1.89. The van der Waals surface area contributed by atoms with E-state index in [1.165, 1.54) is 0 Å². The second kappa shape index (κ2) is 9.55. The number of pyridine rings is 1. The fourth-order valence-electron chi connectivity index (χ4n) is 6.62. The Balaban J connectivity index is 1.15. The van der Waals surface area contributed by atoms with Crippen LogP contribution in [0, 0.1) is 0 Å². The predicted octanol–water partition coefficient (Wildman–Crippen LogP) is 11.3. The number of anilines is 3. The summed E-state index contributed by atoms with van der Waals surface area (Å²) < 4.78 is 19.1. The summed E-state index contributed by atoms with van der Waals surface area (Å²) in [6, 6.07) is 45.0. The van der Waals surface area contributed by atoms with Crippen LogP contribution in [-0.4, -0.2) is 9.97 Å². The molecule has 6 heteroatoms. The summed E-state index contributed by atoms with van der Waals surface area (Å²) >= 11 is 0. The summed E-state index contributed by atoms with van der Waals surface area (Å²) in [6.45, 7) is 0. The number of para-hydroxylation sites is 3. The van der Waals surface area contributed by atoms with Gasteiger partial charge in [0.15, 0.2) is 11.2 Å². The van der Waals surface area contributed by atoms with Crippen LogP contribution < -0.4 is 4.90 Å². The van der Waals surface area contributed by atoms with Crippen molar-refractivity contribution < 1.29 is 13.3 Å². The van der Waals surface area contributed by atoms with Crippen LogP contribution in [0.4, 0.5) is 17.1 Å². The topological polar surface area (TPSA) is 68.4 Å². The number of oxazole rings is 1. The number of hydrogen-bond acceptors (Lipinski definition) is 6. The zero-order valence-electron chi connectivity index (χ0n) is 24.3. The van der Waals surface area contributed by atoms with E-state index in [0.29, 0.717) is 11.5 Å². The number of nitrogens with zero attached hydrogens (tertiary/aromatic N) is 3. The van der Waals surface area contributed by atoms with Crippen LogP contribution in [0.15, 0.2) is 153 Å². The van der Waals surface area contributed by atoms with Crippen LogP contribution in [0.2, 0.25) is 0 Å². The van der Waals surface area contributed by atoms with E-state index < -0.39 is 0 Å². The average Bonchev–Trinajstić information content (AvgIpc) is 3.81. The third-order valence-electron chi connectivity index (χ3n) is 8.72. The maximum absolute atomic E-state index is 6.54. The van der Waals surface area contributed by atoms with Crippen LogP contribution in [-0.2, 0) is 0 Å². The number of benzene rings is 6. The van der Waals surface area contributed by atoms with E-state index in [9.17, 15) is 0 Å². The third kappa shape index (κ3) is 3.70. The molecule has 6 aromatic carbocycles. The van der Waals surface area contributed by atoms with Crippen molar-refractivity contribution in [2.24, 2.45) is 0 Å². The Morgan fingerprint density at radius 3 is 2.24 bits per heavy atom. The van der Waals surface area contributed by atoms with Crippen LogP contribution in [0.25, 0.3) is 77.3 Å². The highest BCUT2D eigenvalue weighted by atomic mass is 16.4. The molecule has 0 aliphatic carbocycles. The number of hydrogen-bond donors (Lipinski definition) is 0. The molecule has 0 N–H and O–H groups in total. The Kier molecular flexibility index (Phi) is 5.19. The third-order valence-corrected chi connectivity index (χ3v) is 8.72. The zero-order valence-corrected chi connectivity index (χ0v) is 24.3. The first-order valence-corrected chi connectivity index (χ1v) is 15.1. The number of aromatic nitrogens is 2. The number of rotatable bonds is 4. The standard InChI is InChI=1S/C40H23N3O3/c1-2-10-25(11-3-1)43(26-18-20-29-30-19-17-24-9-4-5-12-28(24)39(30)45-35(29)21-26)27-22-36-38(41-23-27)37-31(13-8-16-34(37)44-36)40-42-32-14-6-7-15-33(32)46-40/h1-23H.